The monoisotopic (exact) mass is 369 g/mol. The highest BCUT2D eigenvalue weighted by Gasteiger charge is 2.31. The van der Waals surface area contributed by atoms with Crippen LogP contribution in [0.5, 0.6) is 5.75 Å². The zero-order chi connectivity index (χ0) is 19.0. The van der Waals surface area contributed by atoms with E-state index < -0.39 is 0 Å². The fourth-order valence-electron chi connectivity index (χ4n) is 3.76. The molecule has 1 N–H and O–H groups in total. The van der Waals surface area contributed by atoms with E-state index in [1.807, 2.05) is 13.1 Å². The second kappa shape index (κ2) is 7.11. The summed E-state index contributed by atoms with van der Waals surface area (Å²) in [5.41, 5.74) is 2.96. The first kappa shape index (κ1) is 17.7. The summed E-state index contributed by atoms with van der Waals surface area (Å²) in [5, 5.41) is 3.28. The zero-order valence-corrected chi connectivity index (χ0v) is 15.6. The Labute approximate surface area is 157 Å². The van der Waals surface area contributed by atoms with Gasteiger partial charge >= 0.3 is 0 Å². The summed E-state index contributed by atoms with van der Waals surface area (Å²) in [6.45, 7) is 4.90. The molecule has 0 aliphatic carbocycles. The molecule has 0 saturated heterocycles. The number of amides is 1. The van der Waals surface area contributed by atoms with Gasteiger partial charge < -0.3 is 19.5 Å². The molecule has 2 aromatic heterocycles. The number of carbonyl (C=O) groups excluding carboxylic acids is 1. The van der Waals surface area contributed by atoms with Gasteiger partial charge in [-0.3, -0.25) is 9.59 Å². The van der Waals surface area contributed by atoms with Gasteiger partial charge in [-0.25, -0.2) is 9.97 Å². The van der Waals surface area contributed by atoms with Gasteiger partial charge in [0, 0.05) is 62.5 Å². The molecular weight excluding hydrogens is 346 g/mol. The fourth-order valence-corrected chi connectivity index (χ4v) is 3.76. The molecule has 2 aromatic rings. The number of ether oxygens (including phenoxy) is 1. The Morgan fingerprint density at radius 3 is 2.96 bits per heavy atom. The van der Waals surface area contributed by atoms with Crippen molar-refractivity contribution in [3.63, 3.8) is 0 Å². The van der Waals surface area contributed by atoms with E-state index in [9.17, 15) is 9.59 Å². The molecule has 1 amide bonds. The van der Waals surface area contributed by atoms with Gasteiger partial charge in [-0.1, -0.05) is 6.92 Å². The first-order chi connectivity index (χ1) is 13.1. The van der Waals surface area contributed by atoms with Crippen molar-refractivity contribution in [1.29, 1.82) is 0 Å². The lowest BCUT2D eigenvalue weighted by molar-refractivity contribution is 0.0744. The normalized spacial score (nSPS) is 15.9. The Bertz CT molecular complexity index is 953. The summed E-state index contributed by atoms with van der Waals surface area (Å²) in [7, 11) is 1.50. The predicted molar refractivity (Wildman–Crippen MR) is 98.8 cm³/mol. The van der Waals surface area contributed by atoms with Gasteiger partial charge in [0.2, 0.25) is 0 Å². The van der Waals surface area contributed by atoms with Crippen molar-refractivity contribution in [3.8, 4) is 5.75 Å². The molecule has 0 bridgehead atoms. The average Bonchev–Trinajstić information content (AvgIpc) is 2.95. The van der Waals surface area contributed by atoms with Crippen molar-refractivity contribution in [2.45, 2.75) is 39.4 Å². The summed E-state index contributed by atoms with van der Waals surface area (Å²) in [6.07, 6.45) is 3.18. The van der Waals surface area contributed by atoms with Crippen molar-refractivity contribution < 1.29 is 9.53 Å². The third-order valence-corrected chi connectivity index (χ3v) is 5.18. The van der Waals surface area contributed by atoms with E-state index in [4.69, 9.17) is 4.74 Å². The maximum Gasteiger partial charge on any atom is 0.260 e. The minimum Gasteiger partial charge on any atom is -0.496 e. The number of fused-ring (bicyclic) bond motifs is 2. The number of carbonyl (C=O) groups is 1. The van der Waals surface area contributed by atoms with Gasteiger partial charge in [-0.15, -0.1) is 0 Å². The minimum atomic E-state index is -0.134. The largest absolute Gasteiger partial charge is 0.496 e. The smallest absolute Gasteiger partial charge is 0.260 e. The molecule has 0 atom stereocenters. The van der Waals surface area contributed by atoms with Gasteiger partial charge in [0.15, 0.2) is 0 Å². The Hall–Kier alpha value is -2.74. The second-order valence-corrected chi connectivity index (χ2v) is 6.80. The summed E-state index contributed by atoms with van der Waals surface area (Å²) in [4.78, 5) is 36.5. The maximum atomic E-state index is 13.4. The fraction of sp³-hybridized carbons (Fsp3) is 0.474. The number of nitrogens with one attached hydrogen (secondary N) is 1. The van der Waals surface area contributed by atoms with Gasteiger partial charge in [0.05, 0.1) is 19.3 Å². The quantitative estimate of drug-likeness (QED) is 0.848. The van der Waals surface area contributed by atoms with Crippen molar-refractivity contribution in [2.24, 2.45) is 0 Å². The van der Waals surface area contributed by atoms with Crippen LogP contribution in [-0.4, -0.2) is 45.5 Å². The lowest BCUT2D eigenvalue weighted by atomic mass is 10.1. The molecule has 0 fully saturated rings. The van der Waals surface area contributed by atoms with Gasteiger partial charge in [-0.05, 0) is 0 Å². The van der Waals surface area contributed by atoms with Crippen LogP contribution in [-0.2, 0) is 32.5 Å². The summed E-state index contributed by atoms with van der Waals surface area (Å²) in [6, 6.07) is 1.42. The van der Waals surface area contributed by atoms with Gasteiger partial charge in [0.1, 0.15) is 17.1 Å². The molecule has 2 aliphatic rings. The number of hydrogen-bond donors (Lipinski definition) is 1. The number of hydrogen-bond acceptors (Lipinski definition) is 6. The molecule has 2 aliphatic heterocycles. The number of methoxy groups -OCH3 is 1. The highest BCUT2D eigenvalue weighted by Crippen LogP contribution is 2.28. The van der Waals surface area contributed by atoms with Crippen molar-refractivity contribution in [1.82, 2.24) is 24.8 Å². The molecule has 4 heterocycles. The second-order valence-electron chi connectivity index (χ2n) is 6.80. The molecule has 27 heavy (non-hydrogen) atoms. The summed E-state index contributed by atoms with van der Waals surface area (Å²) < 4.78 is 7.11. The lowest BCUT2D eigenvalue weighted by Gasteiger charge is -2.21. The van der Waals surface area contributed by atoms with Crippen LogP contribution in [0.3, 0.4) is 0 Å². The van der Waals surface area contributed by atoms with E-state index in [1.165, 1.54) is 13.2 Å². The zero-order valence-electron chi connectivity index (χ0n) is 15.6. The molecule has 4 rings (SSSR count). The SMILES string of the molecule is CCc1ncc2c(n1)CN(C(=O)c1c(OC)cc(=O)n3c1CCNCC3)C2. The number of nitrogens with zero attached hydrogens (tertiary/aromatic N) is 4. The van der Waals surface area contributed by atoms with Crippen LogP contribution < -0.4 is 15.6 Å². The Morgan fingerprint density at radius 2 is 2.19 bits per heavy atom. The standard InChI is InChI=1S/C19H23N5O3/c1-3-16-21-9-12-10-23(11-13(12)22-16)19(26)18-14-4-5-20-6-7-24(14)17(25)8-15(18)27-2/h8-9,20H,3-7,10-11H2,1-2H3. The molecule has 8 heteroatoms. The maximum absolute atomic E-state index is 13.4. The molecular formula is C19H23N5O3. The van der Waals surface area contributed by atoms with Crippen LogP contribution in [0.4, 0.5) is 0 Å². The summed E-state index contributed by atoms with van der Waals surface area (Å²) >= 11 is 0. The average molecular weight is 369 g/mol. The van der Waals surface area contributed by atoms with Crippen LogP contribution in [0.1, 0.15) is 40.1 Å². The molecule has 0 radical (unpaired) electrons. The van der Waals surface area contributed by atoms with E-state index in [0.717, 1.165) is 35.7 Å². The minimum absolute atomic E-state index is 0.131. The third-order valence-electron chi connectivity index (χ3n) is 5.18. The van der Waals surface area contributed by atoms with Crippen LogP contribution in [0, 0.1) is 0 Å². The van der Waals surface area contributed by atoms with E-state index >= 15 is 0 Å². The summed E-state index contributed by atoms with van der Waals surface area (Å²) in [5.74, 6) is 0.995. The molecule has 8 nitrogen and oxygen atoms in total. The van der Waals surface area contributed by atoms with Crippen LogP contribution in [0.2, 0.25) is 0 Å². The molecule has 0 spiro atoms. The van der Waals surface area contributed by atoms with Crippen molar-refractivity contribution in [3.05, 3.63) is 51.0 Å². The van der Waals surface area contributed by atoms with Crippen molar-refractivity contribution in [2.75, 3.05) is 20.2 Å². The number of rotatable bonds is 3. The van der Waals surface area contributed by atoms with Crippen LogP contribution in [0.15, 0.2) is 17.1 Å². The van der Waals surface area contributed by atoms with E-state index in [0.29, 0.717) is 43.9 Å². The Morgan fingerprint density at radius 1 is 1.33 bits per heavy atom. The molecule has 0 saturated carbocycles. The lowest BCUT2D eigenvalue weighted by Crippen LogP contribution is -2.32. The number of pyridine rings is 1. The predicted octanol–water partition coefficient (Wildman–Crippen LogP) is 0.511. The first-order valence-corrected chi connectivity index (χ1v) is 9.26. The molecule has 0 aromatic carbocycles. The van der Waals surface area contributed by atoms with Gasteiger partial charge in [0.25, 0.3) is 11.5 Å². The van der Waals surface area contributed by atoms with Crippen LogP contribution >= 0.6 is 0 Å². The molecule has 142 valence electrons. The number of aryl methyl sites for hydroxylation is 1. The topological polar surface area (TPSA) is 89.4 Å². The van der Waals surface area contributed by atoms with Gasteiger partial charge in [-0.2, -0.15) is 0 Å². The Kier molecular flexibility index (Phi) is 4.65. The van der Waals surface area contributed by atoms with E-state index in [-0.39, 0.29) is 11.5 Å². The molecule has 0 unspecified atom stereocenters. The highest BCUT2D eigenvalue weighted by atomic mass is 16.5. The first-order valence-electron chi connectivity index (χ1n) is 9.26. The van der Waals surface area contributed by atoms with E-state index in [2.05, 4.69) is 15.3 Å². The van der Waals surface area contributed by atoms with Crippen LogP contribution in [0.25, 0.3) is 0 Å². The third kappa shape index (κ3) is 3.10. The highest BCUT2D eigenvalue weighted by molar-refractivity contribution is 5.98. The van der Waals surface area contributed by atoms with Crippen molar-refractivity contribution >= 4 is 5.91 Å². The number of aromatic nitrogens is 3. The van der Waals surface area contributed by atoms with E-state index in [1.54, 1.807) is 9.47 Å². The Balaban J connectivity index is 1.73.